The van der Waals surface area contributed by atoms with Gasteiger partial charge in [0.1, 0.15) is 0 Å². The summed E-state index contributed by atoms with van der Waals surface area (Å²) in [5.74, 6) is 0.678. The first-order chi connectivity index (χ1) is 8.16. The molecule has 17 heavy (non-hydrogen) atoms. The molecule has 0 bridgehead atoms. The molecular formula is C9H12N6O2. The molecule has 8 nitrogen and oxygen atoms in total. The van der Waals surface area contributed by atoms with Gasteiger partial charge in [-0.1, -0.05) is 0 Å². The molecule has 1 saturated heterocycles. The Morgan fingerprint density at radius 2 is 2.12 bits per heavy atom. The Balaban J connectivity index is 2.28. The summed E-state index contributed by atoms with van der Waals surface area (Å²) < 4.78 is 1.69. The Morgan fingerprint density at radius 3 is 2.82 bits per heavy atom. The summed E-state index contributed by atoms with van der Waals surface area (Å²) in [7, 11) is 1.76. The van der Waals surface area contributed by atoms with E-state index in [-0.39, 0.29) is 0 Å². The van der Waals surface area contributed by atoms with Gasteiger partial charge in [-0.25, -0.2) is 4.79 Å². The van der Waals surface area contributed by atoms with E-state index >= 15 is 0 Å². The van der Waals surface area contributed by atoms with Crippen molar-refractivity contribution >= 4 is 17.1 Å². The molecule has 2 aromatic heterocycles. The van der Waals surface area contributed by atoms with Crippen molar-refractivity contribution in [1.29, 1.82) is 0 Å². The Kier molecular flexibility index (Phi) is 2.05. The Bertz CT molecular complexity index is 675. The van der Waals surface area contributed by atoms with Crippen LogP contribution in [0.1, 0.15) is 0 Å². The molecule has 1 aliphatic heterocycles. The van der Waals surface area contributed by atoms with E-state index in [1.165, 1.54) is 0 Å². The number of aryl methyl sites for hydroxylation is 1. The summed E-state index contributed by atoms with van der Waals surface area (Å²) in [6.07, 6.45) is 0. The highest BCUT2D eigenvalue weighted by Gasteiger charge is 2.19. The zero-order valence-electron chi connectivity index (χ0n) is 9.28. The second kappa shape index (κ2) is 3.45. The molecular weight excluding hydrogens is 224 g/mol. The average Bonchev–Trinajstić information content (AvgIpc) is 2.85. The normalized spacial score (nSPS) is 15.9. The van der Waals surface area contributed by atoms with Crippen LogP contribution in [0.4, 0.5) is 5.95 Å². The SMILES string of the molecule is Cn1c(N2CCNC2)nc2[nH]c(=O)[nH]c(=O)c21. The van der Waals surface area contributed by atoms with Gasteiger partial charge in [-0.15, -0.1) is 0 Å². The first kappa shape index (κ1) is 10.1. The largest absolute Gasteiger partial charge is 0.328 e. The summed E-state index contributed by atoms with van der Waals surface area (Å²) in [5, 5.41) is 3.18. The Hall–Kier alpha value is -2.09. The van der Waals surface area contributed by atoms with Crippen LogP contribution in [0, 0.1) is 0 Å². The van der Waals surface area contributed by atoms with Crippen molar-refractivity contribution in [3.05, 3.63) is 20.8 Å². The molecule has 3 N–H and O–H groups in total. The standard InChI is InChI=1S/C9H12N6O2/c1-14-5-6(11-8(17)13-7(5)16)12-9(14)15-3-2-10-4-15/h10H,2-4H2,1H3,(H2,11,13,16,17). The number of hydrogen-bond acceptors (Lipinski definition) is 5. The van der Waals surface area contributed by atoms with Gasteiger partial charge in [-0.2, -0.15) is 4.98 Å². The number of aromatic nitrogens is 4. The first-order valence-electron chi connectivity index (χ1n) is 5.31. The van der Waals surface area contributed by atoms with Crippen LogP contribution in [0.2, 0.25) is 0 Å². The molecule has 90 valence electrons. The lowest BCUT2D eigenvalue weighted by Gasteiger charge is -2.14. The van der Waals surface area contributed by atoms with Crippen molar-refractivity contribution in [3.63, 3.8) is 0 Å². The van der Waals surface area contributed by atoms with Crippen molar-refractivity contribution in [2.24, 2.45) is 7.05 Å². The first-order valence-corrected chi connectivity index (χ1v) is 5.31. The van der Waals surface area contributed by atoms with Crippen LogP contribution in [0.25, 0.3) is 11.2 Å². The van der Waals surface area contributed by atoms with E-state index in [1.807, 2.05) is 4.90 Å². The van der Waals surface area contributed by atoms with Crippen LogP contribution >= 0.6 is 0 Å². The van der Waals surface area contributed by atoms with Gasteiger partial charge in [0.2, 0.25) is 5.95 Å². The lowest BCUT2D eigenvalue weighted by Crippen LogP contribution is -2.25. The Morgan fingerprint density at radius 1 is 1.29 bits per heavy atom. The quantitative estimate of drug-likeness (QED) is 0.549. The molecule has 3 rings (SSSR count). The molecule has 0 aromatic carbocycles. The van der Waals surface area contributed by atoms with Gasteiger partial charge in [-0.05, 0) is 0 Å². The summed E-state index contributed by atoms with van der Waals surface area (Å²) in [6, 6.07) is 0. The van der Waals surface area contributed by atoms with Crippen LogP contribution in [0.5, 0.6) is 0 Å². The molecule has 1 aliphatic rings. The van der Waals surface area contributed by atoms with Gasteiger partial charge in [0.15, 0.2) is 11.2 Å². The third-order valence-corrected chi connectivity index (χ3v) is 2.89. The second-order valence-electron chi connectivity index (χ2n) is 4.00. The maximum Gasteiger partial charge on any atom is 0.327 e. The van der Waals surface area contributed by atoms with Gasteiger partial charge in [0.25, 0.3) is 5.56 Å². The Labute approximate surface area is 95.3 Å². The van der Waals surface area contributed by atoms with Crippen molar-refractivity contribution in [2.45, 2.75) is 0 Å². The van der Waals surface area contributed by atoms with E-state index in [0.717, 1.165) is 13.1 Å². The summed E-state index contributed by atoms with van der Waals surface area (Å²) in [5.41, 5.74) is -0.251. The van der Waals surface area contributed by atoms with E-state index < -0.39 is 11.2 Å². The number of hydrogen-bond donors (Lipinski definition) is 3. The number of aromatic amines is 2. The predicted octanol–water partition coefficient (Wildman–Crippen LogP) is -1.68. The topological polar surface area (TPSA) is 98.8 Å². The highest BCUT2D eigenvalue weighted by molar-refractivity contribution is 5.73. The van der Waals surface area contributed by atoms with Crippen molar-refractivity contribution in [1.82, 2.24) is 24.8 Å². The minimum Gasteiger partial charge on any atom is -0.328 e. The molecule has 0 saturated carbocycles. The van der Waals surface area contributed by atoms with Gasteiger partial charge in [0.05, 0.1) is 6.67 Å². The second-order valence-corrected chi connectivity index (χ2v) is 4.00. The minimum absolute atomic E-state index is 0.322. The molecule has 1 fully saturated rings. The predicted molar refractivity (Wildman–Crippen MR) is 62.2 cm³/mol. The lowest BCUT2D eigenvalue weighted by molar-refractivity contribution is 0.810. The number of rotatable bonds is 1. The van der Waals surface area contributed by atoms with Crippen molar-refractivity contribution in [2.75, 3.05) is 24.7 Å². The van der Waals surface area contributed by atoms with Gasteiger partial charge in [-0.3, -0.25) is 20.1 Å². The van der Waals surface area contributed by atoms with E-state index in [4.69, 9.17) is 0 Å². The highest BCUT2D eigenvalue weighted by atomic mass is 16.2. The summed E-state index contributed by atoms with van der Waals surface area (Å²) in [6.45, 7) is 2.41. The third kappa shape index (κ3) is 1.45. The average molecular weight is 236 g/mol. The van der Waals surface area contributed by atoms with E-state index in [1.54, 1.807) is 11.6 Å². The van der Waals surface area contributed by atoms with Crippen molar-refractivity contribution < 1.29 is 0 Å². The van der Waals surface area contributed by atoms with E-state index in [9.17, 15) is 9.59 Å². The van der Waals surface area contributed by atoms with Gasteiger partial charge >= 0.3 is 5.69 Å². The molecule has 0 unspecified atom stereocenters. The monoisotopic (exact) mass is 236 g/mol. The van der Waals surface area contributed by atoms with Crippen LogP contribution in [0.15, 0.2) is 9.59 Å². The zero-order valence-corrected chi connectivity index (χ0v) is 9.28. The van der Waals surface area contributed by atoms with Gasteiger partial charge < -0.3 is 9.47 Å². The fourth-order valence-corrected chi connectivity index (χ4v) is 2.10. The molecule has 0 atom stereocenters. The number of fused-ring (bicyclic) bond motifs is 1. The molecule has 2 aromatic rings. The number of imidazole rings is 1. The third-order valence-electron chi connectivity index (χ3n) is 2.89. The molecule has 3 heterocycles. The van der Waals surface area contributed by atoms with E-state index in [0.29, 0.717) is 23.8 Å². The zero-order chi connectivity index (χ0) is 12.0. The van der Waals surface area contributed by atoms with Crippen LogP contribution in [0.3, 0.4) is 0 Å². The molecule has 0 amide bonds. The highest BCUT2D eigenvalue weighted by Crippen LogP contribution is 2.16. The lowest BCUT2D eigenvalue weighted by atomic mass is 10.5. The number of nitrogens with zero attached hydrogens (tertiary/aromatic N) is 3. The smallest absolute Gasteiger partial charge is 0.327 e. The fraction of sp³-hybridized carbons (Fsp3) is 0.444. The molecule has 0 spiro atoms. The van der Waals surface area contributed by atoms with Crippen molar-refractivity contribution in [3.8, 4) is 0 Å². The van der Waals surface area contributed by atoms with E-state index in [2.05, 4.69) is 20.3 Å². The maximum atomic E-state index is 11.7. The number of H-pyrrole nitrogens is 2. The minimum atomic E-state index is -0.535. The molecule has 0 aliphatic carbocycles. The summed E-state index contributed by atoms with van der Waals surface area (Å²) >= 11 is 0. The maximum absolute atomic E-state index is 11.7. The number of nitrogens with one attached hydrogen (secondary N) is 3. The van der Waals surface area contributed by atoms with Crippen LogP contribution in [-0.2, 0) is 7.05 Å². The fourth-order valence-electron chi connectivity index (χ4n) is 2.10. The van der Waals surface area contributed by atoms with Crippen LogP contribution < -0.4 is 21.5 Å². The number of anilines is 1. The van der Waals surface area contributed by atoms with Crippen LogP contribution in [-0.4, -0.2) is 39.3 Å². The molecule has 0 radical (unpaired) electrons. The summed E-state index contributed by atoms with van der Waals surface area (Å²) in [4.78, 5) is 33.9. The van der Waals surface area contributed by atoms with Gasteiger partial charge in [0, 0.05) is 20.1 Å². The molecule has 8 heteroatoms.